The molecule has 2 heterocycles. The molecule has 0 spiro atoms. The van der Waals surface area contributed by atoms with Crippen LogP contribution >= 0.6 is 23.2 Å². The van der Waals surface area contributed by atoms with E-state index in [1.165, 1.54) is 16.4 Å². The summed E-state index contributed by atoms with van der Waals surface area (Å²) in [7, 11) is -3.75. The average Bonchev–Trinajstić information content (AvgIpc) is 2.79. The lowest BCUT2D eigenvalue weighted by molar-refractivity contribution is -0.127. The number of amides is 1. The van der Waals surface area contributed by atoms with Gasteiger partial charge in [-0.15, -0.1) is 0 Å². The monoisotopic (exact) mass is 491 g/mol. The van der Waals surface area contributed by atoms with E-state index in [-0.39, 0.29) is 40.4 Å². The van der Waals surface area contributed by atoms with Crippen molar-refractivity contribution >= 4 is 39.1 Å². The zero-order chi connectivity index (χ0) is 22.6. The summed E-state index contributed by atoms with van der Waals surface area (Å²) in [5, 5.41) is 3.58. The van der Waals surface area contributed by atoms with Crippen LogP contribution in [-0.4, -0.2) is 75.0 Å². The summed E-state index contributed by atoms with van der Waals surface area (Å²) in [4.78, 5) is 15.2. The fourth-order valence-corrected chi connectivity index (χ4v) is 6.36. The second-order valence-electron chi connectivity index (χ2n) is 8.42. The van der Waals surface area contributed by atoms with Gasteiger partial charge in [-0.2, -0.15) is 4.31 Å². The number of morpholine rings is 1. The van der Waals surface area contributed by atoms with Gasteiger partial charge in [0, 0.05) is 49.2 Å². The summed E-state index contributed by atoms with van der Waals surface area (Å²) >= 11 is 12.1. The minimum Gasteiger partial charge on any atom is -0.379 e. The number of sulfonamides is 1. The van der Waals surface area contributed by atoms with Gasteiger partial charge in [-0.05, 0) is 44.4 Å². The standard InChI is InChI=1S/C21H31Cl2N3O4S/c1-3-21(2,25-10-12-30-13-11-25)15-24-20(27)16-6-8-26(9-7-16)31(28,29)19-14-17(22)4-5-18(19)23/h4-5,14,16H,3,6-13,15H2,1-2H3,(H,24,27). The first-order valence-electron chi connectivity index (χ1n) is 10.7. The van der Waals surface area contributed by atoms with Gasteiger partial charge in [0.05, 0.1) is 18.2 Å². The molecule has 2 aliphatic rings. The first-order chi connectivity index (χ1) is 14.7. The fourth-order valence-electron chi connectivity index (χ4n) is 4.16. The Hall–Kier alpha value is -0.900. The van der Waals surface area contributed by atoms with Crippen molar-refractivity contribution in [2.24, 2.45) is 5.92 Å². The van der Waals surface area contributed by atoms with Gasteiger partial charge in [-0.1, -0.05) is 30.1 Å². The number of nitrogens with zero attached hydrogens (tertiary/aromatic N) is 2. The third-order valence-electron chi connectivity index (χ3n) is 6.52. The van der Waals surface area contributed by atoms with Gasteiger partial charge < -0.3 is 10.1 Å². The van der Waals surface area contributed by atoms with Gasteiger partial charge in [0.15, 0.2) is 0 Å². The van der Waals surface area contributed by atoms with Gasteiger partial charge in [0.2, 0.25) is 15.9 Å². The summed E-state index contributed by atoms with van der Waals surface area (Å²) in [6.45, 7) is 8.58. The van der Waals surface area contributed by atoms with Gasteiger partial charge in [-0.25, -0.2) is 8.42 Å². The summed E-state index contributed by atoms with van der Waals surface area (Å²) in [6.07, 6.45) is 1.87. The van der Waals surface area contributed by atoms with E-state index in [9.17, 15) is 13.2 Å². The lowest BCUT2D eigenvalue weighted by Gasteiger charge is -2.43. The molecule has 1 atom stereocenters. The third-order valence-corrected chi connectivity index (χ3v) is 9.13. The molecule has 31 heavy (non-hydrogen) atoms. The highest BCUT2D eigenvalue weighted by molar-refractivity contribution is 7.89. The summed E-state index contributed by atoms with van der Waals surface area (Å²) in [6, 6.07) is 4.41. The van der Waals surface area contributed by atoms with E-state index < -0.39 is 10.0 Å². The van der Waals surface area contributed by atoms with Crippen LogP contribution in [0, 0.1) is 5.92 Å². The molecular formula is C21H31Cl2N3O4S. The zero-order valence-electron chi connectivity index (χ0n) is 18.1. The molecule has 174 valence electrons. The predicted molar refractivity (Wildman–Crippen MR) is 122 cm³/mol. The van der Waals surface area contributed by atoms with Crippen LogP contribution in [0.25, 0.3) is 0 Å². The normalized spacial score (nSPS) is 21.5. The van der Waals surface area contributed by atoms with Crippen molar-refractivity contribution in [2.75, 3.05) is 45.9 Å². The lowest BCUT2D eigenvalue weighted by atomic mass is 9.93. The van der Waals surface area contributed by atoms with E-state index >= 15 is 0 Å². The van der Waals surface area contributed by atoms with Crippen molar-refractivity contribution in [3.63, 3.8) is 0 Å². The molecule has 2 aliphatic heterocycles. The minimum atomic E-state index is -3.75. The summed E-state index contributed by atoms with van der Waals surface area (Å²) in [5.74, 6) is -0.210. The molecule has 1 aromatic carbocycles. The highest BCUT2D eigenvalue weighted by Gasteiger charge is 2.35. The van der Waals surface area contributed by atoms with E-state index in [1.807, 2.05) is 0 Å². The Morgan fingerprint density at radius 1 is 1.19 bits per heavy atom. The molecular weight excluding hydrogens is 461 g/mol. The first-order valence-corrected chi connectivity index (χ1v) is 12.9. The summed E-state index contributed by atoms with van der Waals surface area (Å²) in [5.41, 5.74) is -0.118. The van der Waals surface area contributed by atoms with E-state index in [0.717, 1.165) is 19.5 Å². The highest BCUT2D eigenvalue weighted by atomic mass is 35.5. The van der Waals surface area contributed by atoms with Crippen LogP contribution in [0.4, 0.5) is 0 Å². The maximum atomic E-state index is 13.0. The number of carbonyl (C=O) groups is 1. The third kappa shape index (κ3) is 5.72. The molecule has 1 aromatic rings. The van der Waals surface area contributed by atoms with E-state index in [4.69, 9.17) is 27.9 Å². The van der Waals surface area contributed by atoms with Crippen LogP contribution in [0.2, 0.25) is 10.0 Å². The second kappa shape index (κ2) is 10.4. The molecule has 0 bridgehead atoms. The number of halogens is 2. The maximum Gasteiger partial charge on any atom is 0.244 e. The highest BCUT2D eigenvalue weighted by Crippen LogP contribution is 2.30. The van der Waals surface area contributed by atoms with Gasteiger partial charge >= 0.3 is 0 Å². The first kappa shape index (κ1) is 24.7. The second-order valence-corrected chi connectivity index (χ2v) is 11.2. The largest absolute Gasteiger partial charge is 0.379 e. The van der Waals surface area contributed by atoms with Crippen LogP contribution in [0.15, 0.2) is 23.1 Å². The zero-order valence-corrected chi connectivity index (χ0v) is 20.4. The van der Waals surface area contributed by atoms with Gasteiger partial charge in [0.1, 0.15) is 4.90 Å². The molecule has 3 rings (SSSR count). The molecule has 0 saturated carbocycles. The van der Waals surface area contributed by atoms with E-state index in [1.54, 1.807) is 6.07 Å². The molecule has 7 nitrogen and oxygen atoms in total. The van der Waals surface area contributed by atoms with E-state index in [2.05, 4.69) is 24.1 Å². The molecule has 1 amide bonds. The van der Waals surface area contributed by atoms with Gasteiger partial charge in [-0.3, -0.25) is 9.69 Å². The quantitative estimate of drug-likeness (QED) is 0.633. The Morgan fingerprint density at radius 2 is 1.84 bits per heavy atom. The molecule has 1 unspecified atom stereocenters. The SMILES string of the molecule is CCC(C)(CNC(=O)C1CCN(S(=O)(=O)c2cc(Cl)ccc2Cl)CC1)N1CCOCC1. The predicted octanol–water partition coefficient (Wildman–Crippen LogP) is 3.01. The van der Waals surface area contributed by atoms with Gasteiger partial charge in [0.25, 0.3) is 0 Å². The number of carbonyl (C=O) groups excluding carboxylic acids is 1. The Balaban J connectivity index is 1.56. The molecule has 2 saturated heterocycles. The van der Waals surface area contributed by atoms with Crippen molar-refractivity contribution in [2.45, 2.75) is 43.5 Å². The molecule has 0 radical (unpaired) electrons. The topological polar surface area (TPSA) is 79.0 Å². The molecule has 10 heteroatoms. The number of ether oxygens (including phenoxy) is 1. The van der Waals surface area contributed by atoms with Crippen molar-refractivity contribution < 1.29 is 17.9 Å². The Bertz CT molecular complexity index is 885. The maximum absolute atomic E-state index is 13.0. The molecule has 1 N–H and O–H groups in total. The Morgan fingerprint density at radius 3 is 2.45 bits per heavy atom. The molecule has 0 aromatic heterocycles. The lowest BCUT2D eigenvalue weighted by Crippen LogP contribution is -2.57. The fraction of sp³-hybridized carbons (Fsp3) is 0.667. The van der Waals surface area contributed by atoms with Crippen molar-refractivity contribution in [1.82, 2.24) is 14.5 Å². The number of piperidine rings is 1. The molecule has 0 aliphatic carbocycles. The number of hydrogen-bond donors (Lipinski definition) is 1. The number of nitrogens with one attached hydrogen (secondary N) is 1. The average molecular weight is 492 g/mol. The van der Waals surface area contributed by atoms with Crippen LogP contribution in [0.5, 0.6) is 0 Å². The van der Waals surface area contributed by atoms with Crippen molar-refractivity contribution in [3.05, 3.63) is 28.2 Å². The Labute approximate surface area is 195 Å². The summed E-state index contributed by atoms with van der Waals surface area (Å²) < 4.78 is 32.8. The number of hydrogen-bond acceptors (Lipinski definition) is 5. The van der Waals surface area contributed by atoms with E-state index in [0.29, 0.717) is 37.6 Å². The number of rotatable bonds is 7. The van der Waals surface area contributed by atoms with Crippen molar-refractivity contribution in [1.29, 1.82) is 0 Å². The smallest absolute Gasteiger partial charge is 0.244 e. The van der Waals surface area contributed by atoms with Crippen LogP contribution in [0.3, 0.4) is 0 Å². The minimum absolute atomic E-state index is 0.00814. The number of benzene rings is 1. The molecule has 2 fully saturated rings. The van der Waals surface area contributed by atoms with Crippen LogP contribution in [0.1, 0.15) is 33.1 Å². The van der Waals surface area contributed by atoms with Crippen molar-refractivity contribution in [3.8, 4) is 0 Å². The van der Waals surface area contributed by atoms with Crippen LogP contribution < -0.4 is 5.32 Å². The van der Waals surface area contributed by atoms with Crippen LogP contribution in [-0.2, 0) is 19.6 Å². The Kier molecular flexibility index (Phi) is 8.27.